The van der Waals surface area contributed by atoms with Gasteiger partial charge in [-0.25, -0.2) is 0 Å². The highest BCUT2D eigenvalue weighted by atomic mass is 35.5. The van der Waals surface area contributed by atoms with Crippen LogP contribution in [0, 0.1) is 0 Å². The summed E-state index contributed by atoms with van der Waals surface area (Å²) in [6, 6.07) is 5.16. The maximum atomic E-state index is 9.77. The molecular formula is C14H21Cl2NO3. The number of hydrogen-bond acceptors (Lipinski definition) is 4. The third kappa shape index (κ3) is 7.31. The molecule has 0 fully saturated rings. The van der Waals surface area contributed by atoms with Gasteiger partial charge in [0.2, 0.25) is 0 Å². The van der Waals surface area contributed by atoms with Crippen LogP contribution in [0.2, 0.25) is 10.0 Å². The average molecular weight is 322 g/mol. The summed E-state index contributed by atoms with van der Waals surface area (Å²) in [6.45, 7) is 5.53. The molecule has 20 heavy (non-hydrogen) atoms. The second-order valence-electron chi connectivity index (χ2n) is 4.65. The van der Waals surface area contributed by atoms with Crippen molar-refractivity contribution in [1.82, 2.24) is 0 Å². The van der Waals surface area contributed by atoms with Crippen LogP contribution in [0.15, 0.2) is 18.2 Å². The lowest BCUT2D eigenvalue weighted by Crippen LogP contribution is -2.26. The molecule has 0 aliphatic rings. The van der Waals surface area contributed by atoms with Crippen LogP contribution >= 0.6 is 23.2 Å². The van der Waals surface area contributed by atoms with Crippen molar-refractivity contribution in [3.05, 3.63) is 28.2 Å². The fourth-order valence-corrected chi connectivity index (χ4v) is 1.96. The lowest BCUT2D eigenvalue weighted by Gasteiger charge is -2.14. The highest BCUT2D eigenvalue weighted by Gasteiger charge is 2.06. The molecule has 1 rings (SSSR count). The summed E-state index contributed by atoms with van der Waals surface area (Å²) < 4.78 is 10.6. The number of aliphatic hydroxyl groups excluding tert-OH is 1. The Morgan fingerprint density at radius 1 is 1.25 bits per heavy atom. The molecule has 0 spiro atoms. The van der Waals surface area contributed by atoms with E-state index in [0.29, 0.717) is 29.8 Å². The number of anilines is 1. The zero-order valence-electron chi connectivity index (χ0n) is 11.7. The van der Waals surface area contributed by atoms with E-state index in [2.05, 4.69) is 5.32 Å². The Hall–Kier alpha value is -0.520. The van der Waals surface area contributed by atoms with Crippen LogP contribution in [0.5, 0.6) is 0 Å². The summed E-state index contributed by atoms with van der Waals surface area (Å²) in [5.74, 6) is 0. The first-order valence-electron chi connectivity index (χ1n) is 6.55. The van der Waals surface area contributed by atoms with Crippen LogP contribution < -0.4 is 5.32 Å². The molecule has 0 aromatic heterocycles. The van der Waals surface area contributed by atoms with Gasteiger partial charge in [0.1, 0.15) is 0 Å². The normalized spacial score (nSPS) is 12.7. The van der Waals surface area contributed by atoms with E-state index >= 15 is 0 Å². The minimum absolute atomic E-state index is 0.192. The molecule has 1 aromatic rings. The number of aliphatic hydroxyl groups is 1. The standard InChI is InChI=1S/C14H21Cl2NO3/c1-10(2)20-6-5-19-9-12(18)8-17-14-4-3-11(15)7-13(14)16/h3-4,7,10,12,17-18H,5-6,8-9H2,1-2H3. The van der Waals surface area contributed by atoms with Crippen molar-refractivity contribution in [1.29, 1.82) is 0 Å². The summed E-state index contributed by atoms with van der Waals surface area (Å²) in [6.07, 6.45) is -0.418. The number of benzene rings is 1. The Morgan fingerprint density at radius 3 is 2.65 bits per heavy atom. The molecule has 0 aliphatic carbocycles. The molecule has 2 N–H and O–H groups in total. The number of halogens is 2. The van der Waals surface area contributed by atoms with E-state index in [1.54, 1.807) is 18.2 Å². The largest absolute Gasteiger partial charge is 0.389 e. The molecule has 0 bridgehead atoms. The molecule has 0 saturated carbocycles. The van der Waals surface area contributed by atoms with Gasteiger partial charge in [-0.05, 0) is 32.0 Å². The van der Waals surface area contributed by atoms with Crippen LogP contribution in [0.25, 0.3) is 0 Å². The number of rotatable bonds is 9. The Balaban J connectivity index is 2.18. The Bertz CT molecular complexity index is 402. The molecule has 6 heteroatoms. The summed E-state index contributed by atoms with van der Waals surface area (Å²) in [5, 5.41) is 13.9. The Kier molecular flexibility index (Phi) is 8.26. The molecule has 114 valence electrons. The van der Waals surface area contributed by atoms with Gasteiger partial charge in [-0.1, -0.05) is 23.2 Å². The predicted molar refractivity (Wildman–Crippen MR) is 82.9 cm³/mol. The Morgan fingerprint density at radius 2 is 2.00 bits per heavy atom. The molecule has 1 atom stereocenters. The van der Waals surface area contributed by atoms with Crippen molar-refractivity contribution >= 4 is 28.9 Å². The van der Waals surface area contributed by atoms with E-state index < -0.39 is 6.10 Å². The first-order valence-corrected chi connectivity index (χ1v) is 7.31. The van der Waals surface area contributed by atoms with E-state index in [1.807, 2.05) is 13.8 Å². The van der Waals surface area contributed by atoms with Crippen molar-refractivity contribution in [2.24, 2.45) is 0 Å². The lowest BCUT2D eigenvalue weighted by atomic mass is 10.3. The predicted octanol–water partition coefficient (Wildman–Crippen LogP) is 3.21. The summed E-state index contributed by atoms with van der Waals surface area (Å²) in [7, 11) is 0. The van der Waals surface area contributed by atoms with Gasteiger partial charge in [0.15, 0.2) is 0 Å². The van der Waals surface area contributed by atoms with Gasteiger partial charge in [-0.2, -0.15) is 0 Å². The molecule has 0 aliphatic heterocycles. The third-order valence-corrected chi connectivity index (χ3v) is 3.00. The van der Waals surface area contributed by atoms with Crippen LogP contribution in [-0.4, -0.2) is 43.7 Å². The third-order valence-electron chi connectivity index (χ3n) is 2.45. The van der Waals surface area contributed by atoms with Crippen LogP contribution in [-0.2, 0) is 9.47 Å². The van der Waals surface area contributed by atoms with Crippen LogP contribution in [0.4, 0.5) is 5.69 Å². The van der Waals surface area contributed by atoms with Gasteiger partial charge < -0.3 is 19.9 Å². The maximum absolute atomic E-state index is 9.77. The van der Waals surface area contributed by atoms with Gasteiger partial charge >= 0.3 is 0 Å². The van der Waals surface area contributed by atoms with E-state index in [4.69, 9.17) is 32.7 Å². The number of ether oxygens (including phenoxy) is 2. The molecule has 4 nitrogen and oxygen atoms in total. The van der Waals surface area contributed by atoms with Gasteiger partial charge in [0.05, 0.1) is 42.7 Å². The molecule has 0 heterocycles. The number of nitrogens with one attached hydrogen (secondary N) is 1. The van der Waals surface area contributed by atoms with Crippen molar-refractivity contribution in [3.63, 3.8) is 0 Å². The smallest absolute Gasteiger partial charge is 0.0945 e. The zero-order valence-corrected chi connectivity index (χ0v) is 13.2. The molecule has 1 unspecified atom stereocenters. The quantitative estimate of drug-likeness (QED) is 0.686. The minimum Gasteiger partial charge on any atom is -0.389 e. The topological polar surface area (TPSA) is 50.7 Å². The van der Waals surface area contributed by atoms with E-state index in [1.165, 1.54) is 0 Å². The first-order chi connectivity index (χ1) is 9.49. The first kappa shape index (κ1) is 17.5. The summed E-state index contributed by atoms with van der Waals surface area (Å²) in [4.78, 5) is 0. The molecule has 0 amide bonds. The summed E-state index contributed by atoms with van der Waals surface area (Å²) in [5.41, 5.74) is 0.734. The maximum Gasteiger partial charge on any atom is 0.0945 e. The van der Waals surface area contributed by atoms with Gasteiger partial charge in [-0.3, -0.25) is 0 Å². The second-order valence-corrected chi connectivity index (χ2v) is 5.50. The van der Waals surface area contributed by atoms with Crippen LogP contribution in [0.1, 0.15) is 13.8 Å². The zero-order chi connectivity index (χ0) is 15.0. The van der Waals surface area contributed by atoms with Gasteiger partial charge in [0, 0.05) is 11.6 Å². The molecule has 1 aromatic carbocycles. The monoisotopic (exact) mass is 321 g/mol. The SMILES string of the molecule is CC(C)OCCOCC(O)CNc1ccc(Cl)cc1Cl. The lowest BCUT2D eigenvalue weighted by molar-refractivity contribution is -0.00734. The van der Waals surface area contributed by atoms with Crippen molar-refractivity contribution in [2.75, 3.05) is 31.7 Å². The summed E-state index contributed by atoms with van der Waals surface area (Å²) >= 11 is 11.8. The fraction of sp³-hybridized carbons (Fsp3) is 0.571. The molecule has 0 saturated heterocycles. The van der Waals surface area contributed by atoms with Gasteiger partial charge in [-0.15, -0.1) is 0 Å². The van der Waals surface area contributed by atoms with Gasteiger partial charge in [0.25, 0.3) is 0 Å². The number of hydrogen-bond donors (Lipinski definition) is 2. The van der Waals surface area contributed by atoms with Crippen molar-refractivity contribution < 1.29 is 14.6 Å². The van der Waals surface area contributed by atoms with Crippen molar-refractivity contribution in [2.45, 2.75) is 26.1 Å². The van der Waals surface area contributed by atoms with E-state index in [9.17, 15) is 5.11 Å². The fourth-order valence-electron chi connectivity index (χ4n) is 1.48. The highest BCUT2D eigenvalue weighted by molar-refractivity contribution is 6.36. The van der Waals surface area contributed by atoms with E-state index in [-0.39, 0.29) is 12.7 Å². The molecule has 0 radical (unpaired) electrons. The second kappa shape index (κ2) is 9.42. The molecular weight excluding hydrogens is 301 g/mol. The average Bonchev–Trinajstić information content (AvgIpc) is 2.37. The van der Waals surface area contributed by atoms with Crippen molar-refractivity contribution in [3.8, 4) is 0 Å². The Labute approximate surface area is 130 Å². The van der Waals surface area contributed by atoms with E-state index in [0.717, 1.165) is 5.69 Å². The minimum atomic E-state index is -0.610. The van der Waals surface area contributed by atoms with Crippen LogP contribution in [0.3, 0.4) is 0 Å². The highest BCUT2D eigenvalue weighted by Crippen LogP contribution is 2.25.